The Morgan fingerprint density at radius 2 is 0.800 bits per heavy atom. The minimum Gasteiger partial charge on any atom is -0.151 e. The third-order valence-electron chi connectivity index (χ3n) is 1.78. The molecule has 1 rings (SSSR count). The molecule has 15 heavy (non-hydrogen) atoms. The molecule has 1 aliphatic rings. The molecule has 8 heteroatoms. The van der Waals surface area contributed by atoms with Gasteiger partial charge < -0.3 is 0 Å². The van der Waals surface area contributed by atoms with Gasteiger partial charge in [0.05, 0.1) is 0 Å². The first-order valence-corrected chi connectivity index (χ1v) is 7.12. The third-order valence-corrected chi connectivity index (χ3v) is 7.17. The highest BCUT2D eigenvalue weighted by atomic mass is 32.2. The molecule has 0 saturated carbocycles. The molecule has 0 fully saturated rings. The van der Waals surface area contributed by atoms with E-state index in [2.05, 4.69) is 101 Å². The molecule has 0 amide bonds. The Morgan fingerprint density at radius 1 is 0.533 bits per heavy atom. The number of hydrogen-bond donors (Lipinski definition) is 8. The van der Waals surface area contributed by atoms with E-state index in [1.165, 1.54) is 0 Å². The Morgan fingerprint density at radius 3 is 1.07 bits per heavy atom. The van der Waals surface area contributed by atoms with Gasteiger partial charge >= 0.3 is 0 Å². The lowest BCUT2D eigenvalue weighted by atomic mass is 10.3. The van der Waals surface area contributed by atoms with Crippen LogP contribution in [-0.4, -0.2) is 4.08 Å². The molecular weight excluding hydrogens is 341 g/mol. The van der Waals surface area contributed by atoms with E-state index in [1.807, 2.05) is 0 Å². The number of hydrogen-bond acceptors (Lipinski definition) is 8. The van der Waals surface area contributed by atoms with Crippen molar-refractivity contribution in [2.75, 3.05) is 0 Å². The molecule has 0 aliphatic heterocycles. The van der Waals surface area contributed by atoms with E-state index in [0.29, 0.717) is 29.4 Å². The fraction of sp³-hybridized carbons (Fsp3) is 0.143. The molecule has 0 atom stereocenters. The quantitative estimate of drug-likeness (QED) is 0.237. The van der Waals surface area contributed by atoms with E-state index in [1.54, 1.807) is 0 Å². The minimum absolute atomic E-state index is 0.545. The Kier molecular flexibility index (Phi) is 5.37. The van der Waals surface area contributed by atoms with Gasteiger partial charge in [-0.3, -0.25) is 0 Å². The smallest absolute Gasteiger partial charge is 0.119 e. The lowest BCUT2D eigenvalue weighted by molar-refractivity contribution is 1.29. The maximum absolute atomic E-state index is 4.38. The summed E-state index contributed by atoms with van der Waals surface area (Å²) >= 11 is 34.6. The summed E-state index contributed by atoms with van der Waals surface area (Å²) in [5, 5.41) is 0. The molecule has 0 saturated heterocycles. The van der Waals surface area contributed by atoms with Gasteiger partial charge in [-0.25, -0.2) is 0 Å². The van der Waals surface area contributed by atoms with Crippen LogP contribution < -0.4 is 0 Å². The summed E-state index contributed by atoms with van der Waals surface area (Å²) in [6.07, 6.45) is 0. The first-order valence-electron chi connectivity index (χ1n) is 3.54. The van der Waals surface area contributed by atoms with Gasteiger partial charge in [0.25, 0.3) is 0 Å². The van der Waals surface area contributed by atoms with Crippen LogP contribution in [0.4, 0.5) is 0 Å². The highest BCUT2D eigenvalue weighted by molar-refractivity contribution is 8.06. The van der Waals surface area contributed by atoms with E-state index in [-0.39, 0.29) is 0 Å². The predicted octanol–water partition coefficient (Wildman–Crippen LogP) is 3.77. The summed E-state index contributed by atoms with van der Waals surface area (Å²) in [7, 11) is 0. The second kappa shape index (κ2) is 5.34. The van der Waals surface area contributed by atoms with Gasteiger partial charge in [0.1, 0.15) is 4.08 Å². The van der Waals surface area contributed by atoms with Gasteiger partial charge in [-0.2, -0.15) is 25.3 Å². The first-order chi connectivity index (χ1) is 6.71. The largest absolute Gasteiger partial charge is 0.151 e. The molecule has 0 aromatic carbocycles. The van der Waals surface area contributed by atoms with Crippen molar-refractivity contribution in [3.05, 3.63) is 29.4 Å². The minimum atomic E-state index is -0.932. The molecule has 0 unspecified atom stereocenters. The highest BCUT2D eigenvalue weighted by Crippen LogP contribution is 2.51. The molecule has 0 aromatic rings. The van der Waals surface area contributed by atoms with E-state index in [9.17, 15) is 0 Å². The average Bonchev–Trinajstić information content (AvgIpc) is 2.23. The van der Waals surface area contributed by atoms with E-state index in [0.717, 1.165) is 0 Å². The van der Waals surface area contributed by atoms with Crippen molar-refractivity contribution < 1.29 is 0 Å². The van der Waals surface area contributed by atoms with Crippen LogP contribution in [0.5, 0.6) is 0 Å². The van der Waals surface area contributed by atoms with Crippen LogP contribution in [0.3, 0.4) is 0 Å². The fourth-order valence-corrected chi connectivity index (χ4v) is 3.59. The van der Waals surface area contributed by atoms with Gasteiger partial charge in [-0.05, 0) is 0 Å². The van der Waals surface area contributed by atoms with Crippen LogP contribution in [0.1, 0.15) is 0 Å². The zero-order valence-electron chi connectivity index (χ0n) is 7.08. The summed E-state index contributed by atoms with van der Waals surface area (Å²) in [5.74, 6) is 0. The molecule has 1 aliphatic carbocycles. The molecule has 0 bridgehead atoms. The molecule has 0 radical (unpaired) electrons. The predicted molar refractivity (Wildman–Crippen MR) is 95.7 cm³/mol. The molecular formula is C7H8S8. The van der Waals surface area contributed by atoms with Crippen molar-refractivity contribution in [2.45, 2.75) is 4.08 Å². The fourth-order valence-electron chi connectivity index (χ4n) is 0.891. The number of thiol groups is 8. The van der Waals surface area contributed by atoms with Crippen molar-refractivity contribution in [1.82, 2.24) is 0 Å². The van der Waals surface area contributed by atoms with E-state index < -0.39 is 4.08 Å². The van der Waals surface area contributed by atoms with E-state index in [4.69, 9.17) is 0 Å². The Bertz CT molecular complexity index is 363. The summed E-state index contributed by atoms with van der Waals surface area (Å²) < 4.78 is -0.932. The normalized spacial score (nSPS) is 22.4. The van der Waals surface area contributed by atoms with Crippen LogP contribution in [-0.2, 0) is 0 Å². The Labute approximate surface area is 133 Å². The van der Waals surface area contributed by atoms with Gasteiger partial charge in [0, 0.05) is 29.4 Å². The van der Waals surface area contributed by atoms with Crippen LogP contribution in [0.15, 0.2) is 29.4 Å². The van der Waals surface area contributed by atoms with Crippen LogP contribution >= 0.6 is 101 Å². The SMILES string of the molecule is SC1=C(S)C(S)=C(S)C(S)(S)C(S)=C1S. The third kappa shape index (κ3) is 2.72. The summed E-state index contributed by atoms with van der Waals surface area (Å²) in [6.45, 7) is 0. The molecule has 84 valence electrons. The second-order valence-electron chi connectivity index (χ2n) is 2.76. The second-order valence-corrected chi connectivity index (χ2v) is 7.14. The molecule has 0 heterocycles. The molecule has 0 aromatic heterocycles. The van der Waals surface area contributed by atoms with E-state index >= 15 is 0 Å². The Balaban J connectivity index is 3.61. The number of rotatable bonds is 0. The summed E-state index contributed by atoms with van der Waals surface area (Å²) in [4.78, 5) is 3.37. The van der Waals surface area contributed by atoms with Crippen molar-refractivity contribution in [3.8, 4) is 0 Å². The first kappa shape index (κ1) is 15.1. The maximum Gasteiger partial charge on any atom is 0.119 e. The summed E-state index contributed by atoms with van der Waals surface area (Å²) in [5.41, 5.74) is 0. The van der Waals surface area contributed by atoms with Crippen LogP contribution in [0.2, 0.25) is 0 Å². The standard InChI is InChI=1S/C7H8S8/c8-1-2(9)4(11)6(13)7(14,15)5(12)3(1)10/h8-15H. The molecule has 0 nitrogen and oxygen atoms in total. The average molecular weight is 349 g/mol. The monoisotopic (exact) mass is 348 g/mol. The van der Waals surface area contributed by atoms with Crippen molar-refractivity contribution in [3.63, 3.8) is 0 Å². The van der Waals surface area contributed by atoms with Gasteiger partial charge in [0.2, 0.25) is 0 Å². The zero-order chi connectivity index (χ0) is 12.0. The van der Waals surface area contributed by atoms with Crippen LogP contribution in [0, 0.1) is 0 Å². The highest BCUT2D eigenvalue weighted by Gasteiger charge is 2.34. The van der Waals surface area contributed by atoms with Crippen molar-refractivity contribution in [2.24, 2.45) is 0 Å². The van der Waals surface area contributed by atoms with Gasteiger partial charge in [-0.1, -0.05) is 0 Å². The maximum atomic E-state index is 4.38. The lowest BCUT2D eigenvalue weighted by Crippen LogP contribution is -2.15. The summed E-state index contributed by atoms with van der Waals surface area (Å²) in [6, 6.07) is 0. The molecule has 0 spiro atoms. The topological polar surface area (TPSA) is 0 Å². The van der Waals surface area contributed by atoms with Gasteiger partial charge in [0.15, 0.2) is 0 Å². The Hall–Kier alpha value is 2.02. The van der Waals surface area contributed by atoms with Crippen molar-refractivity contribution in [1.29, 1.82) is 0 Å². The van der Waals surface area contributed by atoms with Crippen molar-refractivity contribution >= 4 is 101 Å². The van der Waals surface area contributed by atoms with Gasteiger partial charge in [-0.15, -0.1) is 75.8 Å². The lowest BCUT2D eigenvalue weighted by Gasteiger charge is -2.24. The van der Waals surface area contributed by atoms with Crippen LogP contribution in [0.25, 0.3) is 0 Å². The zero-order valence-corrected chi connectivity index (χ0v) is 14.2. The molecule has 0 N–H and O–H groups in total.